The zero-order valence-electron chi connectivity index (χ0n) is 10.1. The zero-order valence-corrected chi connectivity index (χ0v) is 10.1. The molecule has 3 nitrogen and oxygen atoms in total. The summed E-state index contributed by atoms with van der Waals surface area (Å²) in [7, 11) is 0. The highest BCUT2D eigenvalue weighted by Gasteiger charge is 2.24. The van der Waals surface area contributed by atoms with Crippen LogP contribution in [0.1, 0.15) is 36.0 Å². The molecule has 18 heavy (non-hydrogen) atoms. The molecule has 0 bridgehead atoms. The molecule has 2 aromatic rings. The maximum Gasteiger partial charge on any atom is 0.122 e. The molecule has 0 fully saturated rings. The molecule has 1 aliphatic heterocycles. The summed E-state index contributed by atoms with van der Waals surface area (Å²) in [6, 6.07) is 9.89. The lowest BCUT2D eigenvalue weighted by Gasteiger charge is -2.27. The van der Waals surface area contributed by atoms with Crippen LogP contribution in [0.25, 0.3) is 0 Å². The number of hydrogen-bond acceptors (Lipinski definition) is 3. The SMILES string of the molecule is OC(CC1CCOc2ccccc21)c1ccoc1. The van der Waals surface area contributed by atoms with E-state index in [4.69, 9.17) is 9.15 Å². The Kier molecular flexibility index (Phi) is 3.07. The molecule has 0 amide bonds. The van der Waals surface area contributed by atoms with Gasteiger partial charge in [-0.15, -0.1) is 0 Å². The molecular weight excluding hydrogens is 228 g/mol. The largest absolute Gasteiger partial charge is 0.493 e. The van der Waals surface area contributed by atoms with Gasteiger partial charge in [-0.1, -0.05) is 18.2 Å². The third-order valence-corrected chi connectivity index (χ3v) is 3.52. The smallest absolute Gasteiger partial charge is 0.122 e. The highest BCUT2D eigenvalue weighted by Crippen LogP contribution is 2.38. The first-order valence-electron chi connectivity index (χ1n) is 6.26. The van der Waals surface area contributed by atoms with Gasteiger partial charge in [0.25, 0.3) is 0 Å². The van der Waals surface area contributed by atoms with Gasteiger partial charge in [-0.05, 0) is 36.5 Å². The zero-order chi connectivity index (χ0) is 12.4. The molecule has 0 radical (unpaired) electrons. The minimum atomic E-state index is -0.472. The number of hydrogen-bond donors (Lipinski definition) is 1. The number of fused-ring (bicyclic) bond motifs is 1. The van der Waals surface area contributed by atoms with Gasteiger partial charge in [0, 0.05) is 5.56 Å². The van der Waals surface area contributed by atoms with Gasteiger partial charge in [0.2, 0.25) is 0 Å². The lowest BCUT2D eigenvalue weighted by Crippen LogP contribution is -2.16. The van der Waals surface area contributed by atoms with Crippen molar-refractivity contribution in [3.8, 4) is 5.75 Å². The Morgan fingerprint density at radius 3 is 3.00 bits per heavy atom. The predicted molar refractivity (Wildman–Crippen MR) is 67.6 cm³/mol. The molecule has 2 unspecified atom stereocenters. The van der Waals surface area contributed by atoms with Gasteiger partial charge in [0.05, 0.1) is 25.2 Å². The van der Waals surface area contributed by atoms with E-state index < -0.39 is 6.10 Å². The molecule has 0 saturated carbocycles. The maximum atomic E-state index is 10.2. The first kappa shape index (κ1) is 11.4. The average Bonchev–Trinajstić information content (AvgIpc) is 2.93. The summed E-state index contributed by atoms with van der Waals surface area (Å²) in [6.45, 7) is 0.722. The second-order valence-corrected chi connectivity index (χ2v) is 4.68. The Balaban J connectivity index is 1.78. The van der Waals surface area contributed by atoms with E-state index in [2.05, 4.69) is 6.07 Å². The van der Waals surface area contributed by atoms with Gasteiger partial charge in [0.1, 0.15) is 5.75 Å². The molecule has 2 atom stereocenters. The van der Waals surface area contributed by atoms with Crippen molar-refractivity contribution in [3.05, 3.63) is 54.0 Å². The van der Waals surface area contributed by atoms with Gasteiger partial charge in [-0.2, -0.15) is 0 Å². The van der Waals surface area contributed by atoms with Crippen LogP contribution in [0.5, 0.6) is 5.75 Å². The van der Waals surface area contributed by atoms with Crippen molar-refractivity contribution in [1.29, 1.82) is 0 Å². The van der Waals surface area contributed by atoms with Gasteiger partial charge in [0.15, 0.2) is 0 Å². The monoisotopic (exact) mass is 244 g/mol. The summed E-state index contributed by atoms with van der Waals surface area (Å²) in [5, 5.41) is 10.2. The number of aliphatic hydroxyl groups is 1. The van der Waals surface area contributed by atoms with E-state index in [-0.39, 0.29) is 0 Å². The molecule has 1 N–H and O–H groups in total. The summed E-state index contributed by atoms with van der Waals surface area (Å²) in [5.41, 5.74) is 2.05. The first-order valence-corrected chi connectivity index (χ1v) is 6.26. The van der Waals surface area contributed by atoms with Gasteiger partial charge < -0.3 is 14.3 Å². The molecule has 0 spiro atoms. The summed E-state index contributed by atoms with van der Waals surface area (Å²) in [6.07, 6.45) is 4.39. The van der Waals surface area contributed by atoms with Crippen molar-refractivity contribution >= 4 is 0 Å². The normalized spacial score (nSPS) is 19.9. The van der Waals surface area contributed by atoms with Crippen LogP contribution >= 0.6 is 0 Å². The number of benzene rings is 1. The van der Waals surface area contributed by atoms with Crippen molar-refractivity contribution in [2.45, 2.75) is 24.9 Å². The van der Waals surface area contributed by atoms with Crippen LogP contribution in [-0.4, -0.2) is 11.7 Å². The minimum Gasteiger partial charge on any atom is -0.493 e. The highest BCUT2D eigenvalue weighted by atomic mass is 16.5. The topological polar surface area (TPSA) is 42.6 Å². The summed E-state index contributed by atoms with van der Waals surface area (Å²) in [5.74, 6) is 1.30. The molecule has 0 saturated heterocycles. The lowest BCUT2D eigenvalue weighted by atomic mass is 9.87. The van der Waals surface area contributed by atoms with Crippen LogP contribution in [0.4, 0.5) is 0 Å². The predicted octanol–water partition coefficient (Wildman–Crippen LogP) is 3.27. The molecule has 1 aliphatic rings. The van der Waals surface area contributed by atoms with Crippen molar-refractivity contribution in [2.75, 3.05) is 6.61 Å². The lowest BCUT2D eigenvalue weighted by molar-refractivity contribution is 0.144. The van der Waals surface area contributed by atoms with E-state index in [0.717, 1.165) is 24.3 Å². The van der Waals surface area contributed by atoms with E-state index in [1.54, 1.807) is 12.5 Å². The number of para-hydroxylation sites is 1. The van der Waals surface area contributed by atoms with Crippen molar-refractivity contribution in [1.82, 2.24) is 0 Å². The van der Waals surface area contributed by atoms with Crippen LogP contribution in [-0.2, 0) is 0 Å². The number of furan rings is 1. The fourth-order valence-corrected chi connectivity index (χ4v) is 2.53. The number of rotatable bonds is 3. The van der Waals surface area contributed by atoms with Crippen LogP contribution < -0.4 is 4.74 Å². The Bertz CT molecular complexity index is 504. The first-order chi connectivity index (χ1) is 8.84. The molecule has 0 aliphatic carbocycles. The summed E-state index contributed by atoms with van der Waals surface area (Å²) in [4.78, 5) is 0. The molecule has 1 aromatic carbocycles. The third-order valence-electron chi connectivity index (χ3n) is 3.52. The molecule has 2 heterocycles. The summed E-state index contributed by atoms with van der Waals surface area (Å²) >= 11 is 0. The van der Waals surface area contributed by atoms with Crippen LogP contribution in [0.2, 0.25) is 0 Å². The van der Waals surface area contributed by atoms with Crippen molar-refractivity contribution in [3.63, 3.8) is 0 Å². The fraction of sp³-hybridized carbons (Fsp3) is 0.333. The number of aliphatic hydroxyl groups excluding tert-OH is 1. The second kappa shape index (κ2) is 4.86. The van der Waals surface area contributed by atoms with Gasteiger partial charge in [-0.3, -0.25) is 0 Å². The van der Waals surface area contributed by atoms with E-state index in [9.17, 15) is 5.11 Å². The van der Waals surface area contributed by atoms with Crippen LogP contribution in [0.3, 0.4) is 0 Å². The molecular formula is C15H16O3. The maximum absolute atomic E-state index is 10.2. The Morgan fingerprint density at radius 2 is 2.17 bits per heavy atom. The van der Waals surface area contributed by atoms with Crippen molar-refractivity contribution in [2.24, 2.45) is 0 Å². The van der Waals surface area contributed by atoms with Crippen LogP contribution in [0.15, 0.2) is 47.3 Å². The number of ether oxygens (including phenoxy) is 1. The Morgan fingerprint density at radius 1 is 1.28 bits per heavy atom. The molecule has 3 heteroatoms. The standard InChI is InChI=1S/C15H16O3/c16-14(12-5-7-17-10-12)9-11-6-8-18-15-4-2-1-3-13(11)15/h1-5,7,10-11,14,16H,6,8-9H2. The van der Waals surface area contributed by atoms with E-state index >= 15 is 0 Å². The third kappa shape index (κ3) is 2.14. The second-order valence-electron chi connectivity index (χ2n) is 4.68. The molecule has 1 aromatic heterocycles. The Labute approximate surface area is 106 Å². The Hall–Kier alpha value is -1.74. The quantitative estimate of drug-likeness (QED) is 0.901. The summed E-state index contributed by atoms with van der Waals surface area (Å²) < 4.78 is 10.6. The van der Waals surface area contributed by atoms with E-state index in [1.165, 1.54) is 5.56 Å². The molecule has 94 valence electrons. The molecule has 3 rings (SSSR count). The van der Waals surface area contributed by atoms with E-state index in [0.29, 0.717) is 12.3 Å². The van der Waals surface area contributed by atoms with Crippen molar-refractivity contribution < 1.29 is 14.3 Å². The minimum absolute atomic E-state index is 0.347. The van der Waals surface area contributed by atoms with E-state index in [1.807, 2.05) is 24.3 Å². The van der Waals surface area contributed by atoms with Gasteiger partial charge in [-0.25, -0.2) is 0 Å². The van der Waals surface area contributed by atoms with Crippen LogP contribution in [0, 0.1) is 0 Å². The fourth-order valence-electron chi connectivity index (χ4n) is 2.53. The highest BCUT2D eigenvalue weighted by molar-refractivity contribution is 5.38. The van der Waals surface area contributed by atoms with Gasteiger partial charge >= 0.3 is 0 Å². The average molecular weight is 244 g/mol.